The Morgan fingerprint density at radius 2 is 1.21 bits per heavy atom. The van der Waals surface area contributed by atoms with E-state index >= 15 is 0 Å². The normalized spacial score (nSPS) is 13.9. The number of hydrogen-bond donors (Lipinski definition) is 0. The summed E-state index contributed by atoms with van der Waals surface area (Å²) in [5.74, 6) is 1.85. The lowest BCUT2D eigenvalue weighted by Gasteiger charge is -2.23. The first-order valence-electron chi connectivity index (χ1n) is 14.7. The Hall–Kier alpha value is -5.14. The molecular formula is C41H28O. The summed E-state index contributed by atoms with van der Waals surface area (Å²) in [4.78, 5) is 0. The first-order valence-corrected chi connectivity index (χ1v) is 14.7. The van der Waals surface area contributed by atoms with Gasteiger partial charge in [0.05, 0.1) is 0 Å². The summed E-state index contributed by atoms with van der Waals surface area (Å²) in [6.07, 6.45) is 0. The van der Waals surface area contributed by atoms with Gasteiger partial charge in [-0.15, -0.1) is 0 Å². The maximum atomic E-state index is 6.37. The molecule has 9 rings (SSSR count). The molecule has 7 aromatic rings. The summed E-state index contributed by atoms with van der Waals surface area (Å²) in [5, 5.41) is 5.03. The quantitative estimate of drug-likeness (QED) is 0.213. The lowest BCUT2D eigenvalue weighted by molar-refractivity contribution is 0.487. The number of fused-ring (bicyclic) bond motifs is 7. The third-order valence-electron chi connectivity index (χ3n) is 9.47. The highest BCUT2D eigenvalue weighted by Gasteiger charge is 2.37. The van der Waals surface area contributed by atoms with Crippen LogP contribution in [0.1, 0.15) is 25.0 Å². The molecule has 0 radical (unpaired) electrons. The van der Waals surface area contributed by atoms with Gasteiger partial charge in [0.2, 0.25) is 0 Å². The molecule has 0 amide bonds. The van der Waals surface area contributed by atoms with Crippen LogP contribution in [0.4, 0.5) is 0 Å². The number of benzene rings is 7. The summed E-state index contributed by atoms with van der Waals surface area (Å²) in [6, 6.07) is 48.7. The fourth-order valence-electron chi connectivity index (χ4n) is 7.39. The van der Waals surface area contributed by atoms with E-state index in [0.717, 1.165) is 17.1 Å². The number of rotatable bonds is 2. The Morgan fingerprint density at radius 1 is 0.452 bits per heavy atom. The largest absolute Gasteiger partial charge is 0.456 e. The van der Waals surface area contributed by atoms with Crippen LogP contribution in [-0.4, -0.2) is 0 Å². The van der Waals surface area contributed by atoms with Crippen molar-refractivity contribution in [3.63, 3.8) is 0 Å². The second-order valence-electron chi connectivity index (χ2n) is 12.1. The number of ether oxygens (including phenoxy) is 1. The van der Waals surface area contributed by atoms with Crippen molar-refractivity contribution in [1.29, 1.82) is 0 Å². The van der Waals surface area contributed by atoms with Crippen LogP contribution in [0.3, 0.4) is 0 Å². The zero-order chi connectivity index (χ0) is 28.0. The lowest BCUT2D eigenvalue weighted by Crippen LogP contribution is -2.15. The fraction of sp³-hybridized carbons (Fsp3) is 0.0732. The minimum absolute atomic E-state index is 0.0977. The van der Waals surface area contributed by atoms with Crippen molar-refractivity contribution in [3.05, 3.63) is 145 Å². The van der Waals surface area contributed by atoms with E-state index in [9.17, 15) is 0 Å². The fourth-order valence-corrected chi connectivity index (χ4v) is 7.39. The van der Waals surface area contributed by atoms with Crippen molar-refractivity contribution in [1.82, 2.24) is 0 Å². The smallest absolute Gasteiger partial charge is 0.135 e. The molecular weight excluding hydrogens is 508 g/mol. The van der Waals surface area contributed by atoms with Crippen LogP contribution in [0.5, 0.6) is 11.5 Å². The van der Waals surface area contributed by atoms with E-state index in [-0.39, 0.29) is 5.41 Å². The first kappa shape index (κ1) is 23.6. The Balaban J connectivity index is 1.20. The van der Waals surface area contributed by atoms with E-state index in [0.29, 0.717) is 0 Å². The van der Waals surface area contributed by atoms with Crippen LogP contribution >= 0.6 is 0 Å². The van der Waals surface area contributed by atoms with Crippen LogP contribution in [0, 0.1) is 0 Å². The molecule has 0 fully saturated rings. The third-order valence-corrected chi connectivity index (χ3v) is 9.47. The molecule has 2 aliphatic rings. The van der Waals surface area contributed by atoms with Gasteiger partial charge in [0.25, 0.3) is 0 Å². The molecule has 0 N–H and O–H groups in total. The van der Waals surface area contributed by atoms with Crippen molar-refractivity contribution in [2.24, 2.45) is 0 Å². The van der Waals surface area contributed by atoms with Crippen molar-refractivity contribution < 1.29 is 4.74 Å². The molecule has 1 nitrogen and oxygen atoms in total. The first-order chi connectivity index (χ1) is 20.6. The average molecular weight is 537 g/mol. The molecule has 0 bridgehead atoms. The van der Waals surface area contributed by atoms with Crippen LogP contribution in [0.2, 0.25) is 0 Å². The van der Waals surface area contributed by atoms with Gasteiger partial charge in [-0.1, -0.05) is 123 Å². The highest BCUT2D eigenvalue weighted by molar-refractivity contribution is 6.08. The van der Waals surface area contributed by atoms with E-state index in [4.69, 9.17) is 4.74 Å². The van der Waals surface area contributed by atoms with Gasteiger partial charge in [-0.05, 0) is 90.5 Å². The monoisotopic (exact) mass is 536 g/mol. The van der Waals surface area contributed by atoms with E-state index in [2.05, 4.69) is 147 Å². The molecule has 1 heteroatoms. The van der Waals surface area contributed by atoms with Crippen molar-refractivity contribution in [2.75, 3.05) is 0 Å². The molecule has 0 saturated heterocycles. The van der Waals surface area contributed by atoms with Crippen LogP contribution in [0.15, 0.2) is 133 Å². The Kier molecular flexibility index (Phi) is 4.73. The summed E-state index contributed by atoms with van der Waals surface area (Å²) in [5.41, 5.74) is 12.8. The molecule has 42 heavy (non-hydrogen) atoms. The SMILES string of the molecule is CC1(C)c2cc(-c3ccc4c(c3)-c3cccc5cccc(c35)O4)ccc2-c2c1ccc1c(-c3ccccc3)cccc21. The van der Waals surface area contributed by atoms with Crippen LogP contribution < -0.4 is 4.74 Å². The average Bonchev–Trinajstić information content (AvgIpc) is 3.27. The summed E-state index contributed by atoms with van der Waals surface area (Å²) in [6.45, 7) is 4.74. The molecule has 198 valence electrons. The minimum atomic E-state index is -0.0977. The predicted octanol–water partition coefficient (Wildman–Crippen LogP) is 11.4. The van der Waals surface area contributed by atoms with Crippen LogP contribution in [-0.2, 0) is 5.41 Å². The van der Waals surface area contributed by atoms with Gasteiger partial charge in [-0.3, -0.25) is 0 Å². The molecule has 1 aliphatic heterocycles. The van der Waals surface area contributed by atoms with Crippen molar-refractivity contribution in [2.45, 2.75) is 19.3 Å². The van der Waals surface area contributed by atoms with Gasteiger partial charge in [0.15, 0.2) is 0 Å². The van der Waals surface area contributed by atoms with Crippen molar-refractivity contribution >= 4 is 21.5 Å². The standard InChI is InChI=1S/C41H28O/c1-41(2)35-21-20-30-29(25-9-4-3-5-10-25)13-8-15-31(30)40(35)33-19-17-28(24-36(33)41)27-18-22-37-34(23-27)32-14-6-11-26-12-7-16-38(42-37)39(26)32/h3-24H,1-2H3. The van der Waals surface area contributed by atoms with Gasteiger partial charge in [-0.2, -0.15) is 0 Å². The molecule has 0 atom stereocenters. The summed E-state index contributed by atoms with van der Waals surface area (Å²) in [7, 11) is 0. The molecule has 7 aromatic carbocycles. The lowest BCUT2D eigenvalue weighted by atomic mass is 9.81. The van der Waals surface area contributed by atoms with Gasteiger partial charge in [-0.25, -0.2) is 0 Å². The summed E-state index contributed by atoms with van der Waals surface area (Å²) < 4.78 is 6.37. The minimum Gasteiger partial charge on any atom is -0.456 e. The maximum absolute atomic E-state index is 6.37. The topological polar surface area (TPSA) is 9.23 Å². The highest BCUT2D eigenvalue weighted by Crippen LogP contribution is 2.53. The zero-order valence-corrected chi connectivity index (χ0v) is 23.6. The molecule has 0 unspecified atom stereocenters. The second-order valence-corrected chi connectivity index (χ2v) is 12.1. The van der Waals surface area contributed by atoms with E-state index in [1.54, 1.807) is 0 Å². The van der Waals surface area contributed by atoms with Gasteiger partial charge >= 0.3 is 0 Å². The zero-order valence-electron chi connectivity index (χ0n) is 23.6. The third kappa shape index (κ3) is 3.19. The predicted molar refractivity (Wildman–Crippen MR) is 175 cm³/mol. The number of hydrogen-bond acceptors (Lipinski definition) is 1. The maximum Gasteiger partial charge on any atom is 0.135 e. The molecule has 0 aromatic heterocycles. The van der Waals surface area contributed by atoms with Crippen molar-refractivity contribution in [3.8, 4) is 56.0 Å². The molecule has 0 spiro atoms. The van der Waals surface area contributed by atoms with Gasteiger partial charge in [0.1, 0.15) is 11.5 Å². The Labute approximate surface area is 245 Å². The van der Waals surface area contributed by atoms with E-state index < -0.39 is 0 Å². The van der Waals surface area contributed by atoms with Gasteiger partial charge < -0.3 is 4.74 Å². The summed E-state index contributed by atoms with van der Waals surface area (Å²) >= 11 is 0. The second kappa shape index (κ2) is 8.44. The van der Waals surface area contributed by atoms with E-state index in [1.165, 1.54) is 71.6 Å². The molecule has 1 aliphatic carbocycles. The van der Waals surface area contributed by atoms with Gasteiger partial charge in [0, 0.05) is 16.4 Å². The van der Waals surface area contributed by atoms with Crippen LogP contribution in [0.25, 0.3) is 66.1 Å². The highest BCUT2D eigenvalue weighted by atomic mass is 16.5. The Bertz CT molecular complexity index is 2230. The Morgan fingerprint density at radius 3 is 2.10 bits per heavy atom. The molecule has 0 saturated carbocycles. The molecule has 1 heterocycles. The van der Waals surface area contributed by atoms with E-state index in [1.807, 2.05) is 0 Å².